The van der Waals surface area contributed by atoms with Gasteiger partial charge in [-0.15, -0.1) is 0 Å². The third-order valence-electron chi connectivity index (χ3n) is 4.36. The molecule has 0 aliphatic rings. The highest BCUT2D eigenvalue weighted by molar-refractivity contribution is 5.83. The fraction of sp³-hybridized carbons (Fsp3) is 0.579. The monoisotopic (exact) mass is 286 g/mol. The molecule has 0 radical (unpaired) electrons. The Morgan fingerprint density at radius 2 is 1.90 bits per heavy atom. The molecule has 0 unspecified atom stereocenters. The lowest BCUT2D eigenvalue weighted by molar-refractivity contribution is 0.302. The van der Waals surface area contributed by atoms with Gasteiger partial charge in [0, 0.05) is 37.2 Å². The molecule has 1 heterocycles. The maximum absolute atomic E-state index is 3.66. The van der Waals surface area contributed by atoms with Crippen LogP contribution >= 0.6 is 0 Å². The molecule has 0 spiro atoms. The van der Waals surface area contributed by atoms with Gasteiger partial charge in [-0.05, 0) is 23.5 Å². The minimum Gasteiger partial charge on any atom is -0.350 e. The van der Waals surface area contributed by atoms with Crippen LogP contribution in [-0.2, 0) is 13.6 Å². The molecule has 1 aromatic carbocycles. The summed E-state index contributed by atoms with van der Waals surface area (Å²) < 4.78 is 2.22. The summed E-state index contributed by atoms with van der Waals surface area (Å²) in [5.41, 5.74) is 3.11. The number of rotatable bonds is 8. The fourth-order valence-electron chi connectivity index (χ4n) is 3.04. The summed E-state index contributed by atoms with van der Waals surface area (Å²) >= 11 is 0. The zero-order valence-corrected chi connectivity index (χ0v) is 14.1. The van der Waals surface area contributed by atoms with E-state index in [-0.39, 0.29) is 0 Å². The Morgan fingerprint density at radius 3 is 2.67 bits per heavy atom. The summed E-state index contributed by atoms with van der Waals surface area (Å²) in [7, 11) is 2.13. The minimum atomic E-state index is 0.389. The predicted octanol–water partition coefficient (Wildman–Crippen LogP) is 4.87. The second-order valence-corrected chi connectivity index (χ2v) is 7.01. The Labute approximate surface area is 129 Å². The standard InChI is InChI=1S/C19H30N2/c1-5-6-9-12-19(2,3)15-20-13-16-14-21(4)18-11-8-7-10-17(16)18/h7-8,10-11,14,20H,5-6,9,12-13,15H2,1-4H3. The van der Waals surface area contributed by atoms with Crippen molar-refractivity contribution in [3.63, 3.8) is 0 Å². The maximum atomic E-state index is 3.66. The number of para-hydroxylation sites is 1. The van der Waals surface area contributed by atoms with E-state index in [0.717, 1.165) is 13.1 Å². The molecule has 1 aromatic heterocycles. The highest BCUT2D eigenvalue weighted by atomic mass is 14.9. The van der Waals surface area contributed by atoms with Crippen molar-refractivity contribution in [1.29, 1.82) is 0 Å². The van der Waals surface area contributed by atoms with Gasteiger partial charge in [-0.2, -0.15) is 0 Å². The van der Waals surface area contributed by atoms with Gasteiger partial charge in [0.25, 0.3) is 0 Å². The third kappa shape index (κ3) is 4.34. The molecule has 2 nitrogen and oxygen atoms in total. The zero-order valence-electron chi connectivity index (χ0n) is 14.1. The average molecular weight is 286 g/mol. The summed E-state index contributed by atoms with van der Waals surface area (Å²) in [5, 5.41) is 5.03. The van der Waals surface area contributed by atoms with Crippen LogP contribution in [0.4, 0.5) is 0 Å². The van der Waals surface area contributed by atoms with Crippen molar-refractivity contribution in [3.8, 4) is 0 Å². The molecule has 0 amide bonds. The van der Waals surface area contributed by atoms with E-state index >= 15 is 0 Å². The number of hydrogen-bond acceptors (Lipinski definition) is 1. The zero-order chi connectivity index (χ0) is 15.3. The molecule has 2 rings (SSSR count). The number of aryl methyl sites for hydroxylation is 1. The number of aromatic nitrogens is 1. The van der Waals surface area contributed by atoms with Crippen LogP contribution in [0.15, 0.2) is 30.5 Å². The molecule has 116 valence electrons. The molecule has 21 heavy (non-hydrogen) atoms. The number of unbranched alkanes of at least 4 members (excludes halogenated alkanes) is 2. The molecule has 0 aliphatic heterocycles. The second kappa shape index (κ2) is 7.13. The molecule has 0 bridgehead atoms. The van der Waals surface area contributed by atoms with Crippen LogP contribution in [0, 0.1) is 5.41 Å². The molecule has 0 atom stereocenters. The van der Waals surface area contributed by atoms with Crippen LogP contribution in [0.5, 0.6) is 0 Å². The highest BCUT2D eigenvalue weighted by Crippen LogP contribution is 2.24. The van der Waals surface area contributed by atoms with E-state index in [0.29, 0.717) is 5.41 Å². The first kappa shape index (κ1) is 16.1. The quantitative estimate of drug-likeness (QED) is 0.685. The lowest BCUT2D eigenvalue weighted by atomic mass is 9.87. The average Bonchev–Trinajstić information content (AvgIpc) is 2.76. The van der Waals surface area contributed by atoms with E-state index in [1.807, 2.05) is 0 Å². The van der Waals surface area contributed by atoms with E-state index in [1.165, 1.54) is 42.1 Å². The Bertz CT molecular complexity index is 566. The molecule has 2 heteroatoms. The first-order valence-electron chi connectivity index (χ1n) is 8.27. The number of benzene rings is 1. The van der Waals surface area contributed by atoms with E-state index in [1.54, 1.807) is 0 Å². The third-order valence-corrected chi connectivity index (χ3v) is 4.36. The van der Waals surface area contributed by atoms with Crippen molar-refractivity contribution in [2.75, 3.05) is 6.54 Å². The summed E-state index contributed by atoms with van der Waals surface area (Å²) in [6.07, 6.45) is 7.57. The number of nitrogens with one attached hydrogen (secondary N) is 1. The van der Waals surface area contributed by atoms with Crippen molar-refractivity contribution in [2.24, 2.45) is 12.5 Å². The minimum absolute atomic E-state index is 0.389. The van der Waals surface area contributed by atoms with Crippen LogP contribution in [-0.4, -0.2) is 11.1 Å². The lowest BCUT2D eigenvalue weighted by Crippen LogP contribution is -2.29. The number of hydrogen-bond donors (Lipinski definition) is 1. The summed E-state index contributed by atoms with van der Waals surface area (Å²) in [6.45, 7) is 9.06. The van der Waals surface area contributed by atoms with Gasteiger partial charge in [0.2, 0.25) is 0 Å². The van der Waals surface area contributed by atoms with Gasteiger partial charge in [-0.3, -0.25) is 0 Å². The molecule has 0 fully saturated rings. The SMILES string of the molecule is CCCCCC(C)(C)CNCc1cn(C)c2ccccc12. The van der Waals surface area contributed by atoms with Crippen LogP contribution < -0.4 is 5.32 Å². The highest BCUT2D eigenvalue weighted by Gasteiger charge is 2.17. The van der Waals surface area contributed by atoms with Gasteiger partial charge in [0.15, 0.2) is 0 Å². The van der Waals surface area contributed by atoms with E-state index < -0.39 is 0 Å². The van der Waals surface area contributed by atoms with Gasteiger partial charge in [-0.25, -0.2) is 0 Å². The summed E-state index contributed by atoms with van der Waals surface area (Å²) in [5.74, 6) is 0. The van der Waals surface area contributed by atoms with Crippen LogP contribution in [0.3, 0.4) is 0 Å². The second-order valence-electron chi connectivity index (χ2n) is 7.01. The molecule has 0 aliphatic carbocycles. The van der Waals surface area contributed by atoms with Gasteiger partial charge in [-0.1, -0.05) is 58.2 Å². The van der Waals surface area contributed by atoms with Crippen molar-refractivity contribution >= 4 is 10.9 Å². The summed E-state index contributed by atoms with van der Waals surface area (Å²) in [4.78, 5) is 0. The lowest BCUT2D eigenvalue weighted by Gasteiger charge is -2.25. The topological polar surface area (TPSA) is 17.0 Å². The first-order valence-corrected chi connectivity index (χ1v) is 8.27. The van der Waals surface area contributed by atoms with E-state index in [9.17, 15) is 0 Å². The van der Waals surface area contributed by atoms with Crippen molar-refractivity contribution in [1.82, 2.24) is 9.88 Å². The molecule has 1 N–H and O–H groups in total. The molecular formula is C19H30N2. The Balaban J connectivity index is 1.90. The normalized spacial score (nSPS) is 12.2. The van der Waals surface area contributed by atoms with Gasteiger partial charge in [0.05, 0.1) is 0 Å². The van der Waals surface area contributed by atoms with E-state index in [4.69, 9.17) is 0 Å². The van der Waals surface area contributed by atoms with Crippen molar-refractivity contribution in [3.05, 3.63) is 36.0 Å². The Morgan fingerprint density at radius 1 is 1.14 bits per heavy atom. The maximum Gasteiger partial charge on any atom is 0.0481 e. The predicted molar refractivity (Wildman–Crippen MR) is 92.5 cm³/mol. The molecule has 2 aromatic rings. The fourth-order valence-corrected chi connectivity index (χ4v) is 3.04. The van der Waals surface area contributed by atoms with Crippen LogP contribution in [0.25, 0.3) is 10.9 Å². The number of fused-ring (bicyclic) bond motifs is 1. The smallest absolute Gasteiger partial charge is 0.0481 e. The first-order chi connectivity index (χ1) is 10.0. The molecule has 0 saturated heterocycles. The van der Waals surface area contributed by atoms with Crippen LogP contribution in [0.1, 0.15) is 52.0 Å². The van der Waals surface area contributed by atoms with Gasteiger partial charge < -0.3 is 9.88 Å². The summed E-state index contributed by atoms with van der Waals surface area (Å²) in [6, 6.07) is 8.64. The van der Waals surface area contributed by atoms with Crippen molar-refractivity contribution in [2.45, 2.75) is 53.0 Å². The van der Waals surface area contributed by atoms with Crippen LogP contribution in [0.2, 0.25) is 0 Å². The molecule has 0 saturated carbocycles. The van der Waals surface area contributed by atoms with Gasteiger partial charge in [0.1, 0.15) is 0 Å². The molecular weight excluding hydrogens is 256 g/mol. The Kier molecular flexibility index (Phi) is 5.46. The van der Waals surface area contributed by atoms with Crippen molar-refractivity contribution < 1.29 is 0 Å². The Hall–Kier alpha value is -1.28. The number of nitrogens with zero attached hydrogens (tertiary/aromatic N) is 1. The largest absolute Gasteiger partial charge is 0.350 e. The van der Waals surface area contributed by atoms with E-state index in [2.05, 4.69) is 68.2 Å². The van der Waals surface area contributed by atoms with Gasteiger partial charge >= 0.3 is 0 Å².